The second-order valence-corrected chi connectivity index (χ2v) is 2.20. The summed E-state index contributed by atoms with van der Waals surface area (Å²) in [6.45, 7) is 11.3. The molecular weight excluding hydrogens is 124 g/mol. The number of allylic oxidation sites excluding steroid dienone is 1. The molecule has 0 radical (unpaired) electrons. The van der Waals surface area contributed by atoms with E-state index < -0.39 is 0 Å². The third kappa shape index (κ3) is 3.17. The van der Waals surface area contributed by atoms with Gasteiger partial charge in [-0.15, -0.1) is 0 Å². The number of hydrogen-bond acceptors (Lipinski definition) is 2. The molecule has 0 aromatic rings. The molecule has 0 spiro atoms. The lowest BCUT2D eigenvalue weighted by Crippen LogP contribution is -1.91. The van der Waals surface area contributed by atoms with Crippen molar-refractivity contribution in [3.63, 3.8) is 0 Å². The van der Waals surface area contributed by atoms with E-state index in [-0.39, 0.29) is 0 Å². The van der Waals surface area contributed by atoms with E-state index in [9.17, 15) is 0 Å². The molecule has 0 fully saturated rings. The van der Waals surface area contributed by atoms with Gasteiger partial charge in [-0.2, -0.15) is 10.2 Å². The lowest BCUT2D eigenvalue weighted by molar-refractivity contribution is 0.642. The smallest absolute Gasteiger partial charge is 0.0586 e. The Bertz CT molecular complexity index is 147. The zero-order chi connectivity index (χ0) is 7.98. The van der Waals surface area contributed by atoms with Crippen molar-refractivity contribution < 1.29 is 0 Å². The molecule has 0 rings (SSSR count). The lowest BCUT2D eigenvalue weighted by Gasteiger charge is -2.03. The quantitative estimate of drug-likeness (QED) is 0.533. The Morgan fingerprint density at radius 2 is 2.30 bits per heavy atom. The Balaban J connectivity index is 3.83. The van der Waals surface area contributed by atoms with Crippen molar-refractivity contribution in [2.24, 2.45) is 16.1 Å². The first-order chi connectivity index (χ1) is 4.72. The van der Waals surface area contributed by atoms with Crippen molar-refractivity contribution in [1.82, 2.24) is 0 Å². The topological polar surface area (TPSA) is 24.7 Å². The molecule has 0 aliphatic heterocycles. The van der Waals surface area contributed by atoms with Crippen LogP contribution in [0.2, 0.25) is 0 Å². The maximum Gasteiger partial charge on any atom is 0.0586 e. The molecule has 0 amide bonds. The van der Waals surface area contributed by atoms with Gasteiger partial charge in [-0.3, -0.25) is 0 Å². The van der Waals surface area contributed by atoms with Gasteiger partial charge in [-0.05, 0) is 12.3 Å². The van der Waals surface area contributed by atoms with Gasteiger partial charge in [0.25, 0.3) is 0 Å². The first kappa shape index (κ1) is 9.08. The first-order valence-electron chi connectivity index (χ1n) is 3.42. The van der Waals surface area contributed by atoms with Crippen LogP contribution in [0.25, 0.3) is 0 Å². The van der Waals surface area contributed by atoms with Gasteiger partial charge in [0.15, 0.2) is 0 Å². The summed E-state index contributed by atoms with van der Waals surface area (Å²) in [6.07, 6.45) is 2.46. The van der Waals surface area contributed by atoms with Gasteiger partial charge in [0, 0.05) is 6.20 Å². The molecule has 0 heterocycles. The molecule has 56 valence electrons. The predicted octanol–water partition coefficient (Wildman–Crippen LogP) is 3.14. The largest absolute Gasteiger partial charge is 0.160 e. The monoisotopic (exact) mass is 138 g/mol. The average molecular weight is 138 g/mol. The van der Waals surface area contributed by atoms with E-state index in [4.69, 9.17) is 0 Å². The van der Waals surface area contributed by atoms with E-state index in [0.29, 0.717) is 5.92 Å². The summed E-state index contributed by atoms with van der Waals surface area (Å²) in [6, 6.07) is 0. The van der Waals surface area contributed by atoms with Crippen LogP contribution in [0.4, 0.5) is 0 Å². The minimum absolute atomic E-state index is 0.420. The van der Waals surface area contributed by atoms with Crippen LogP contribution in [-0.4, -0.2) is 0 Å². The molecule has 0 bridgehead atoms. The molecule has 1 atom stereocenters. The van der Waals surface area contributed by atoms with Crippen molar-refractivity contribution in [2.75, 3.05) is 0 Å². The van der Waals surface area contributed by atoms with E-state index in [0.717, 1.165) is 12.1 Å². The predicted molar refractivity (Wildman–Crippen MR) is 43.6 cm³/mol. The van der Waals surface area contributed by atoms with E-state index in [2.05, 4.69) is 37.2 Å². The van der Waals surface area contributed by atoms with E-state index in [1.54, 1.807) is 0 Å². The highest BCUT2D eigenvalue weighted by molar-refractivity contribution is 4.94. The fraction of sp³-hybridized carbons (Fsp3) is 0.500. The molecule has 0 aromatic carbocycles. The number of rotatable bonds is 4. The minimum Gasteiger partial charge on any atom is -0.160 e. The zero-order valence-electron chi connectivity index (χ0n) is 6.67. The van der Waals surface area contributed by atoms with Gasteiger partial charge in [0.05, 0.1) is 5.70 Å². The molecule has 0 aliphatic carbocycles. The van der Waals surface area contributed by atoms with E-state index >= 15 is 0 Å². The molecule has 10 heavy (non-hydrogen) atoms. The van der Waals surface area contributed by atoms with Crippen LogP contribution in [0.5, 0.6) is 0 Å². The van der Waals surface area contributed by atoms with Crippen LogP contribution < -0.4 is 0 Å². The summed E-state index contributed by atoms with van der Waals surface area (Å²) in [5, 5.41) is 7.46. The van der Waals surface area contributed by atoms with Crippen LogP contribution in [0, 0.1) is 5.92 Å². The van der Waals surface area contributed by atoms with E-state index in [1.165, 1.54) is 6.20 Å². The maximum atomic E-state index is 3.83. The third-order valence-corrected chi connectivity index (χ3v) is 1.45. The molecule has 0 aliphatic rings. The van der Waals surface area contributed by atoms with Crippen molar-refractivity contribution >= 4 is 0 Å². The average Bonchev–Trinajstić information content (AvgIpc) is 1.98. The summed E-state index contributed by atoms with van der Waals surface area (Å²) in [5.74, 6) is 0.420. The van der Waals surface area contributed by atoms with Crippen LogP contribution >= 0.6 is 0 Å². The Morgan fingerprint density at radius 3 is 2.70 bits per heavy atom. The highest BCUT2D eigenvalue weighted by Crippen LogP contribution is 2.12. The first-order valence-corrected chi connectivity index (χ1v) is 3.42. The van der Waals surface area contributed by atoms with Crippen LogP contribution in [-0.2, 0) is 0 Å². The standard InChI is InChI=1S/C8H14N2/c1-5-7(3)8(4)10-9-6-2/h6-7H,2,4-5H2,1,3H3. The van der Waals surface area contributed by atoms with Crippen LogP contribution in [0.1, 0.15) is 20.3 Å². The fourth-order valence-corrected chi connectivity index (χ4v) is 0.449. The van der Waals surface area contributed by atoms with Gasteiger partial charge in [-0.1, -0.05) is 27.0 Å². The summed E-state index contributed by atoms with van der Waals surface area (Å²) in [4.78, 5) is 0. The van der Waals surface area contributed by atoms with Gasteiger partial charge in [0.1, 0.15) is 0 Å². The Kier molecular flexibility index (Phi) is 4.46. The lowest BCUT2D eigenvalue weighted by atomic mass is 10.1. The number of nitrogens with zero attached hydrogens (tertiary/aromatic N) is 2. The molecule has 2 heteroatoms. The number of azo groups is 1. The van der Waals surface area contributed by atoms with Crippen LogP contribution in [0.15, 0.2) is 35.3 Å². The summed E-state index contributed by atoms with van der Waals surface area (Å²) >= 11 is 0. The molecule has 0 aromatic heterocycles. The Morgan fingerprint density at radius 1 is 1.70 bits per heavy atom. The van der Waals surface area contributed by atoms with Crippen LogP contribution in [0.3, 0.4) is 0 Å². The van der Waals surface area contributed by atoms with Gasteiger partial charge in [0.2, 0.25) is 0 Å². The second kappa shape index (κ2) is 4.91. The Hall–Kier alpha value is -0.920. The van der Waals surface area contributed by atoms with Crippen molar-refractivity contribution in [1.29, 1.82) is 0 Å². The third-order valence-electron chi connectivity index (χ3n) is 1.45. The SMILES string of the molecule is C=CN=NC(=C)C(C)CC. The zero-order valence-corrected chi connectivity index (χ0v) is 6.67. The van der Waals surface area contributed by atoms with Gasteiger partial charge in [-0.25, -0.2) is 0 Å². The highest BCUT2D eigenvalue weighted by atomic mass is 15.1. The normalized spacial score (nSPS) is 13.4. The van der Waals surface area contributed by atoms with Crippen molar-refractivity contribution in [3.8, 4) is 0 Å². The number of hydrogen-bond donors (Lipinski definition) is 0. The van der Waals surface area contributed by atoms with Crippen molar-refractivity contribution in [3.05, 3.63) is 25.1 Å². The highest BCUT2D eigenvalue weighted by Gasteiger charge is 2.00. The van der Waals surface area contributed by atoms with E-state index in [1.807, 2.05) is 0 Å². The maximum absolute atomic E-state index is 3.83. The molecule has 0 N–H and O–H groups in total. The summed E-state index contributed by atoms with van der Waals surface area (Å²) < 4.78 is 0. The molecule has 0 saturated heterocycles. The molecule has 2 nitrogen and oxygen atoms in total. The fourth-order valence-electron chi connectivity index (χ4n) is 0.449. The summed E-state index contributed by atoms with van der Waals surface area (Å²) in [5.41, 5.74) is 0.822. The van der Waals surface area contributed by atoms with Gasteiger partial charge < -0.3 is 0 Å². The molecule has 1 unspecified atom stereocenters. The van der Waals surface area contributed by atoms with Crippen molar-refractivity contribution in [2.45, 2.75) is 20.3 Å². The van der Waals surface area contributed by atoms with Gasteiger partial charge >= 0.3 is 0 Å². The molecule has 0 saturated carbocycles. The summed E-state index contributed by atoms with van der Waals surface area (Å²) in [7, 11) is 0. The molecular formula is C8H14N2. The minimum atomic E-state index is 0.420. The Labute approximate surface area is 62.4 Å². The second-order valence-electron chi connectivity index (χ2n) is 2.20.